The van der Waals surface area contributed by atoms with Gasteiger partial charge < -0.3 is 4.90 Å². The van der Waals surface area contributed by atoms with Gasteiger partial charge in [-0.2, -0.15) is 0 Å². The van der Waals surface area contributed by atoms with E-state index in [-0.39, 0.29) is 5.41 Å². The zero-order chi connectivity index (χ0) is 41.6. The zero-order valence-electron chi connectivity index (χ0n) is 35.0. The minimum Gasteiger partial charge on any atom is -0.310 e. The average molecular weight is 792 g/mol. The molecule has 62 heavy (non-hydrogen) atoms. The monoisotopic (exact) mass is 791 g/mol. The van der Waals surface area contributed by atoms with Gasteiger partial charge in [0, 0.05) is 16.7 Å². The molecule has 0 atom stereocenters. The molecule has 0 N–H and O–H groups in total. The van der Waals surface area contributed by atoms with Crippen molar-refractivity contribution in [3.8, 4) is 66.8 Å². The second kappa shape index (κ2) is 15.4. The van der Waals surface area contributed by atoms with Gasteiger partial charge in [-0.25, -0.2) is 0 Å². The molecule has 0 unspecified atom stereocenters. The second-order valence-electron chi connectivity index (χ2n) is 16.9. The van der Waals surface area contributed by atoms with Gasteiger partial charge in [0.1, 0.15) is 0 Å². The molecule has 10 aromatic carbocycles. The molecule has 0 heterocycles. The topological polar surface area (TPSA) is 3.24 Å². The van der Waals surface area contributed by atoms with E-state index in [1.54, 1.807) is 0 Å². The summed E-state index contributed by atoms with van der Waals surface area (Å²) in [5.41, 5.74) is 20.4. The fourth-order valence-corrected chi connectivity index (χ4v) is 9.88. The summed E-state index contributed by atoms with van der Waals surface area (Å²) in [5, 5.41) is 2.52. The van der Waals surface area contributed by atoms with Crippen molar-refractivity contribution in [3.05, 3.63) is 248 Å². The Bertz CT molecular complexity index is 3230. The fraction of sp³-hybridized carbons (Fsp3) is 0.0492. The van der Waals surface area contributed by atoms with Gasteiger partial charge in [0.15, 0.2) is 0 Å². The lowest BCUT2D eigenvalue weighted by Crippen LogP contribution is -2.21. The van der Waals surface area contributed by atoms with Crippen LogP contribution in [-0.2, 0) is 5.41 Å². The summed E-state index contributed by atoms with van der Waals surface area (Å²) in [7, 11) is 0. The van der Waals surface area contributed by atoms with Gasteiger partial charge in [0.25, 0.3) is 0 Å². The molecule has 1 aliphatic rings. The van der Waals surface area contributed by atoms with Gasteiger partial charge in [-0.15, -0.1) is 0 Å². The molecule has 0 radical (unpaired) electrons. The van der Waals surface area contributed by atoms with E-state index in [9.17, 15) is 0 Å². The Morgan fingerprint density at radius 1 is 0.306 bits per heavy atom. The summed E-state index contributed by atoms with van der Waals surface area (Å²) >= 11 is 0. The van der Waals surface area contributed by atoms with Gasteiger partial charge in [0.2, 0.25) is 0 Å². The van der Waals surface area contributed by atoms with E-state index in [0.717, 1.165) is 11.4 Å². The summed E-state index contributed by atoms with van der Waals surface area (Å²) in [6.45, 7) is 4.77. The smallest absolute Gasteiger partial charge is 0.0546 e. The highest BCUT2D eigenvalue weighted by atomic mass is 15.1. The van der Waals surface area contributed by atoms with E-state index in [4.69, 9.17) is 0 Å². The number of nitrogens with zero attached hydrogens (tertiary/aromatic N) is 1. The molecule has 1 aliphatic carbocycles. The van der Waals surface area contributed by atoms with Crippen molar-refractivity contribution in [2.45, 2.75) is 19.3 Å². The van der Waals surface area contributed by atoms with Crippen LogP contribution >= 0.6 is 0 Å². The van der Waals surface area contributed by atoms with Crippen LogP contribution in [0.1, 0.15) is 25.0 Å². The van der Waals surface area contributed by atoms with Crippen LogP contribution in [0.4, 0.5) is 17.1 Å². The number of hydrogen-bond donors (Lipinski definition) is 0. The van der Waals surface area contributed by atoms with E-state index >= 15 is 0 Å². The molecule has 294 valence electrons. The number of anilines is 3. The number of rotatable bonds is 8. The van der Waals surface area contributed by atoms with Gasteiger partial charge in [-0.3, -0.25) is 0 Å². The van der Waals surface area contributed by atoms with E-state index in [0.29, 0.717) is 0 Å². The Labute approximate surface area is 364 Å². The van der Waals surface area contributed by atoms with Crippen molar-refractivity contribution in [2.24, 2.45) is 0 Å². The summed E-state index contributed by atoms with van der Waals surface area (Å²) < 4.78 is 0. The van der Waals surface area contributed by atoms with Crippen LogP contribution in [0.5, 0.6) is 0 Å². The molecule has 10 aromatic rings. The molecule has 1 heteroatoms. The number of hydrogen-bond acceptors (Lipinski definition) is 1. The summed E-state index contributed by atoms with van der Waals surface area (Å²) in [5.74, 6) is 0. The maximum Gasteiger partial charge on any atom is 0.0546 e. The van der Waals surface area contributed by atoms with Crippen LogP contribution in [0, 0.1) is 0 Å². The highest BCUT2D eigenvalue weighted by molar-refractivity contribution is 6.02. The number of fused-ring (bicyclic) bond motifs is 4. The van der Waals surface area contributed by atoms with Gasteiger partial charge >= 0.3 is 0 Å². The molecule has 0 fully saturated rings. The third-order valence-corrected chi connectivity index (χ3v) is 12.9. The van der Waals surface area contributed by atoms with Gasteiger partial charge in [0.05, 0.1) is 11.4 Å². The molecule has 1 nitrogen and oxygen atoms in total. The highest BCUT2D eigenvalue weighted by Gasteiger charge is 2.39. The van der Waals surface area contributed by atoms with E-state index < -0.39 is 0 Å². The van der Waals surface area contributed by atoms with Crippen molar-refractivity contribution in [3.63, 3.8) is 0 Å². The lowest BCUT2D eigenvalue weighted by atomic mass is 9.81. The Hall–Kier alpha value is -7.74. The summed E-state index contributed by atoms with van der Waals surface area (Å²) in [6, 6.07) is 86.7. The minimum absolute atomic E-state index is 0.230. The van der Waals surface area contributed by atoms with E-state index in [2.05, 4.69) is 255 Å². The van der Waals surface area contributed by atoms with Crippen molar-refractivity contribution in [1.82, 2.24) is 0 Å². The Morgan fingerprint density at radius 2 is 0.790 bits per heavy atom. The first-order valence-corrected chi connectivity index (χ1v) is 21.6. The third-order valence-electron chi connectivity index (χ3n) is 12.9. The first-order chi connectivity index (χ1) is 30.5. The van der Waals surface area contributed by atoms with Crippen LogP contribution < -0.4 is 4.90 Å². The van der Waals surface area contributed by atoms with Gasteiger partial charge in [-0.05, 0) is 113 Å². The predicted molar refractivity (Wildman–Crippen MR) is 263 cm³/mol. The van der Waals surface area contributed by atoms with Gasteiger partial charge in [-0.1, -0.05) is 220 Å². The van der Waals surface area contributed by atoms with Crippen LogP contribution in [-0.4, -0.2) is 0 Å². The molecule has 0 bridgehead atoms. The largest absolute Gasteiger partial charge is 0.310 e. The molecule has 11 rings (SSSR count). The molecule has 0 aliphatic heterocycles. The quantitative estimate of drug-likeness (QED) is 0.148. The van der Waals surface area contributed by atoms with Crippen LogP contribution in [0.3, 0.4) is 0 Å². The first kappa shape index (κ1) is 37.3. The van der Waals surface area contributed by atoms with E-state index in [1.807, 2.05) is 0 Å². The van der Waals surface area contributed by atoms with E-state index in [1.165, 1.54) is 94.3 Å². The summed E-state index contributed by atoms with van der Waals surface area (Å²) in [4.78, 5) is 2.53. The SMILES string of the molecule is CC1(C)c2ccccc2-c2cccc(N(c3ccc(-c4ccc(-c5ccc6ccccc6c5)cc4)cc3)c3cccc(-c4ccccc4)c3-c3ccccc3-c3ccccc3)c21. The first-order valence-electron chi connectivity index (χ1n) is 21.6. The Morgan fingerprint density at radius 3 is 1.48 bits per heavy atom. The van der Waals surface area contributed by atoms with Crippen LogP contribution in [0.15, 0.2) is 237 Å². The van der Waals surface area contributed by atoms with Crippen LogP contribution in [0.2, 0.25) is 0 Å². The molecule has 0 spiro atoms. The molecule has 0 aromatic heterocycles. The fourth-order valence-electron chi connectivity index (χ4n) is 9.88. The lowest BCUT2D eigenvalue weighted by molar-refractivity contribution is 0.661. The lowest BCUT2D eigenvalue weighted by Gasteiger charge is -2.34. The van der Waals surface area contributed by atoms with Crippen molar-refractivity contribution in [2.75, 3.05) is 4.90 Å². The minimum atomic E-state index is -0.230. The molecule has 0 saturated carbocycles. The van der Waals surface area contributed by atoms with Crippen molar-refractivity contribution in [1.29, 1.82) is 0 Å². The maximum absolute atomic E-state index is 2.53. The van der Waals surface area contributed by atoms with Crippen LogP contribution in [0.25, 0.3) is 77.5 Å². The van der Waals surface area contributed by atoms with Crippen molar-refractivity contribution < 1.29 is 0 Å². The zero-order valence-corrected chi connectivity index (χ0v) is 35.0. The molecule has 0 amide bonds. The third kappa shape index (κ3) is 6.42. The maximum atomic E-state index is 2.53. The number of benzene rings is 10. The predicted octanol–water partition coefficient (Wildman–Crippen LogP) is 17.0. The molecule has 0 saturated heterocycles. The molecular formula is C61H45N. The molecular weight excluding hydrogens is 747 g/mol. The second-order valence-corrected chi connectivity index (χ2v) is 16.9. The Kier molecular flexibility index (Phi) is 9.24. The standard InChI is InChI=1S/C61H45N/c1-61(2)56-28-14-13-24-53(56)55-27-16-30-58(60(55)61)62(50-39-37-44(38-40-50)43-31-33-45(34-32-43)49-36-35-42-17-9-10-22-48(42)41-49)57-29-15-26-52(47-20-7-4-8-21-47)59(57)54-25-12-11-23-51(54)46-18-5-3-6-19-46/h3-41H,1-2H3. The Balaban J connectivity index is 1.10. The summed E-state index contributed by atoms with van der Waals surface area (Å²) in [6.07, 6.45) is 0. The normalized spacial score (nSPS) is 12.5. The average Bonchev–Trinajstić information content (AvgIpc) is 3.58. The highest BCUT2D eigenvalue weighted by Crippen LogP contribution is 2.56. The van der Waals surface area contributed by atoms with Crippen molar-refractivity contribution >= 4 is 27.8 Å².